The van der Waals surface area contributed by atoms with Crippen molar-refractivity contribution in [1.29, 1.82) is 0 Å². The lowest BCUT2D eigenvalue weighted by atomic mass is 9.99. The number of halogens is 1. The van der Waals surface area contributed by atoms with E-state index in [0.717, 1.165) is 37.5 Å². The normalized spacial score (nSPS) is 11.3. The zero-order chi connectivity index (χ0) is 17.5. The molecular weight excluding hydrogens is 384 g/mol. The third-order valence-electron chi connectivity index (χ3n) is 4.77. The molecule has 0 unspecified atom stereocenters. The summed E-state index contributed by atoms with van der Waals surface area (Å²) >= 11 is 3.77. The second kappa shape index (κ2) is 6.15. The number of rotatable bonds is 2. The number of fused-ring (bicyclic) bond motifs is 3. The fourth-order valence-electron chi connectivity index (χ4n) is 3.50. The van der Waals surface area contributed by atoms with Crippen LogP contribution >= 0.6 is 15.9 Å². The summed E-state index contributed by atoms with van der Waals surface area (Å²) in [6.07, 6.45) is 0. The van der Waals surface area contributed by atoms with Gasteiger partial charge < -0.3 is 4.42 Å². The Kier molecular flexibility index (Phi) is 3.65. The highest BCUT2D eigenvalue weighted by Crippen LogP contribution is 2.39. The summed E-state index contributed by atoms with van der Waals surface area (Å²) in [7, 11) is 0. The Morgan fingerprint density at radius 1 is 0.577 bits per heavy atom. The molecule has 2 heteroatoms. The maximum Gasteiger partial charge on any atom is 0.143 e. The largest absolute Gasteiger partial charge is 0.455 e. The molecule has 5 rings (SSSR count). The third-order valence-corrected chi connectivity index (χ3v) is 5.43. The lowest BCUT2D eigenvalue weighted by Gasteiger charge is -2.09. The van der Waals surface area contributed by atoms with Gasteiger partial charge in [0.25, 0.3) is 0 Å². The Hall–Kier alpha value is -2.84. The maximum absolute atomic E-state index is 6.19. The van der Waals surface area contributed by atoms with Crippen molar-refractivity contribution in [3.05, 3.63) is 95.5 Å². The summed E-state index contributed by atoms with van der Waals surface area (Å²) in [6, 6.07) is 31.4. The Labute approximate surface area is 160 Å². The average molecular weight is 399 g/mol. The van der Waals surface area contributed by atoms with Gasteiger partial charge in [0.1, 0.15) is 11.2 Å². The number of hydrogen-bond acceptors (Lipinski definition) is 1. The van der Waals surface area contributed by atoms with Crippen LogP contribution in [0.25, 0.3) is 44.2 Å². The second-order valence-corrected chi connectivity index (χ2v) is 7.20. The van der Waals surface area contributed by atoms with Crippen molar-refractivity contribution in [2.24, 2.45) is 0 Å². The van der Waals surface area contributed by atoms with E-state index < -0.39 is 0 Å². The molecular formula is C24H15BrO. The van der Waals surface area contributed by atoms with Gasteiger partial charge in [0.15, 0.2) is 0 Å². The van der Waals surface area contributed by atoms with E-state index in [1.807, 2.05) is 18.2 Å². The summed E-state index contributed by atoms with van der Waals surface area (Å²) in [5, 5.41) is 2.30. The van der Waals surface area contributed by atoms with Gasteiger partial charge in [-0.05, 0) is 28.8 Å². The SMILES string of the molecule is Brc1cc(-c2ccccc2)ccc1-c1cccc2c1oc1ccccc12. The van der Waals surface area contributed by atoms with Crippen molar-refractivity contribution in [2.75, 3.05) is 0 Å². The molecule has 26 heavy (non-hydrogen) atoms. The highest BCUT2D eigenvalue weighted by molar-refractivity contribution is 9.10. The zero-order valence-corrected chi connectivity index (χ0v) is 15.5. The molecule has 0 bridgehead atoms. The van der Waals surface area contributed by atoms with Gasteiger partial charge in [-0.25, -0.2) is 0 Å². The first-order valence-corrected chi connectivity index (χ1v) is 9.36. The quantitative estimate of drug-likeness (QED) is 0.297. The number of para-hydroxylation sites is 2. The topological polar surface area (TPSA) is 13.1 Å². The molecule has 0 aliphatic carbocycles. The molecule has 0 saturated carbocycles. The summed E-state index contributed by atoms with van der Waals surface area (Å²) in [6.45, 7) is 0. The zero-order valence-electron chi connectivity index (χ0n) is 13.9. The fourth-order valence-corrected chi connectivity index (χ4v) is 4.10. The number of furan rings is 1. The molecule has 5 aromatic rings. The Morgan fingerprint density at radius 2 is 1.35 bits per heavy atom. The molecule has 0 saturated heterocycles. The Bertz CT molecular complexity index is 1240. The van der Waals surface area contributed by atoms with Crippen LogP contribution in [0.3, 0.4) is 0 Å². The standard InChI is InChI=1S/C24H15BrO/c25-22-15-17(16-7-2-1-3-8-16)13-14-18(22)20-10-6-11-21-19-9-4-5-12-23(19)26-24(20)21/h1-15H. The molecule has 1 heterocycles. The lowest BCUT2D eigenvalue weighted by molar-refractivity contribution is 0.670. The highest BCUT2D eigenvalue weighted by atomic mass is 79.9. The molecule has 0 N–H and O–H groups in total. The van der Waals surface area contributed by atoms with Gasteiger partial charge in [-0.3, -0.25) is 0 Å². The molecule has 0 fully saturated rings. The van der Waals surface area contributed by atoms with Crippen molar-refractivity contribution in [1.82, 2.24) is 0 Å². The molecule has 0 aliphatic heterocycles. The summed E-state index contributed by atoms with van der Waals surface area (Å²) in [5.74, 6) is 0. The van der Waals surface area contributed by atoms with E-state index in [0.29, 0.717) is 0 Å². The van der Waals surface area contributed by atoms with Gasteiger partial charge in [-0.1, -0.05) is 94.8 Å². The van der Waals surface area contributed by atoms with E-state index in [1.54, 1.807) is 0 Å². The van der Waals surface area contributed by atoms with Crippen molar-refractivity contribution in [3.8, 4) is 22.3 Å². The van der Waals surface area contributed by atoms with Gasteiger partial charge in [0, 0.05) is 20.8 Å². The molecule has 1 nitrogen and oxygen atoms in total. The molecule has 0 radical (unpaired) electrons. The van der Waals surface area contributed by atoms with Gasteiger partial charge in [-0.2, -0.15) is 0 Å². The van der Waals surface area contributed by atoms with Crippen molar-refractivity contribution >= 4 is 37.9 Å². The summed E-state index contributed by atoms with van der Waals surface area (Å²) in [5.41, 5.74) is 6.49. The highest BCUT2D eigenvalue weighted by Gasteiger charge is 2.14. The van der Waals surface area contributed by atoms with Gasteiger partial charge in [0.05, 0.1) is 0 Å². The molecule has 0 amide bonds. The van der Waals surface area contributed by atoms with Gasteiger partial charge in [-0.15, -0.1) is 0 Å². The van der Waals surface area contributed by atoms with Crippen LogP contribution in [-0.4, -0.2) is 0 Å². The van der Waals surface area contributed by atoms with E-state index in [9.17, 15) is 0 Å². The minimum Gasteiger partial charge on any atom is -0.455 e. The van der Waals surface area contributed by atoms with Crippen molar-refractivity contribution in [2.45, 2.75) is 0 Å². The fraction of sp³-hybridized carbons (Fsp3) is 0. The van der Waals surface area contributed by atoms with Gasteiger partial charge >= 0.3 is 0 Å². The molecule has 124 valence electrons. The Balaban J connectivity index is 1.71. The van der Waals surface area contributed by atoms with Crippen molar-refractivity contribution in [3.63, 3.8) is 0 Å². The minimum absolute atomic E-state index is 0.923. The summed E-state index contributed by atoms with van der Waals surface area (Å²) < 4.78 is 7.25. The van der Waals surface area contributed by atoms with Crippen LogP contribution in [0, 0.1) is 0 Å². The van der Waals surface area contributed by atoms with E-state index in [2.05, 4.69) is 88.7 Å². The minimum atomic E-state index is 0.923. The van der Waals surface area contributed by atoms with Gasteiger partial charge in [0.2, 0.25) is 0 Å². The molecule has 1 aromatic heterocycles. The third kappa shape index (κ3) is 2.46. The van der Waals surface area contributed by atoms with E-state index in [4.69, 9.17) is 4.42 Å². The van der Waals surface area contributed by atoms with Crippen LogP contribution in [0.4, 0.5) is 0 Å². The van der Waals surface area contributed by atoms with Crippen LogP contribution in [-0.2, 0) is 0 Å². The first-order chi connectivity index (χ1) is 12.8. The first kappa shape index (κ1) is 15.4. The van der Waals surface area contributed by atoms with Crippen LogP contribution < -0.4 is 0 Å². The molecule has 4 aromatic carbocycles. The van der Waals surface area contributed by atoms with Crippen LogP contribution in [0.5, 0.6) is 0 Å². The predicted molar refractivity (Wildman–Crippen MR) is 112 cm³/mol. The number of benzene rings is 4. The molecule has 0 aliphatic rings. The first-order valence-electron chi connectivity index (χ1n) is 8.57. The van der Waals surface area contributed by atoms with Crippen LogP contribution in [0.2, 0.25) is 0 Å². The molecule has 0 atom stereocenters. The maximum atomic E-state index is 6.19. The monoisotopic (exact) mass is 398 g/mol. The van der Waals surface area contributed by atoms with E-state index in [1.165, 1.54) is 11.1 Å². The van der Waals surface area contributed by atoms with Crippen LogP contribution in [0.15, 0.2) is 99.9 Å². The second-order valence-electron chi connectivity index (χ2n) is 6.34. The number of hydrogen-bond donors (Lipinski definition) is 0. The van der Waals surface area contributed by atoms with Crippen LogP contribution in [0.1, 0.15) is 0 Å². The Morgan fingerprint density at radius 3 is 2.19 bits per heavy atom. The molecule has 0 spiro atoms. The lowest BCUT2D eigenvalue weighted by Crippen LogP contribution is -1.84. The van der Waals surface area contributed by atoms with Crippen molar-refractivity contribution < 1.29 is 4.42 Å². The van der Waals surface area contributed by atoms with E-state index in [-0.39, 0.29) is 0 Å². The average Bonchev–Trinajstić information content (AvgIpc) is 3.08. The smallest absolute Gasteiger partial charge is 0.143 e. The van der Waals surface area contributed by atoms with E-state index >= 15 is 0 Å². The predicted octanol–water partition coefficient (Wildman–Crippen LogP) is 7.68. The summed E-state index contributed by atoms with van der Waals surface area (Å²) in [4.78, 5) is 0.